The summed E-state index contributed by atoms with van der Waals surface area (Å²) in [6.07, 6.45) is 1.48. The van der Waals surface area contributed by atoms with E-state index in [9.17, 15) is 0 Å². The Bertz CT molecular complexity index is 609. The summed E-state index contributed by atoms with van der Waals surface area (Å²) in [5.74, 6) is 1.18. The lowest BCUT2D eigenvalue weighted by atomic mass is 10.1. The fraction of sp³-hybridized carbons (Fsp3) is 0.286. The minimum Gasteiger partial charge on any atom is -0.393 e. The molecule has 0 aliphatic carbocycles. The van der Waals surface area contributed by atoms with Gasteiger partial charge in [-0.05, 0) is 31.0 Å². The Morgan fingerprint density at radius 2 is 1.80 bits per heavy atom. The van der Waals surface area contributed by atoms with E-state index < -0.39 is 0 Å². The van der Waals surface area contributed by atoms with Crippen LogP contribution in [0.1, 0.15) is 11.1 Å². The predicted octanol–water partition coefficient (Wildman–Crippen LogP) is 2.31. The smallest absolute Gasteiger partial charge is 0.169 e. The van der Waals surface area contributed by atoms with Gasteiger partial charge in [-0.3, -0.25) is 0 Å². The van der Waals surface area contributed by atoms with Crippen molar-refractivity contribution in [2.45, 2.75) is 13.8 Å². The van der Waals surface area contributed by atoms with E-state index in [-0.39, 0.29) is 0 Å². The highest BCUT2D eigenvalue weighted by Gasteiger charge is 2.10. The molecule has 106 valence electrons. The Balaban J connectivity index is 2.32. The maximum atomic E-state index is 6.09. The van der Waals surface area contributed by atoms with E-state index >= 15 is 0 Å². The van der Waals surface area contributed by atoms with Crippen LogP contribution in [-0.4, -0.2) is 29.1 Å². The van der Waals surface area contributed by atoms with Crippen molar-refractivity contribution in [3.05, 3.63) is 35.7 Å². The number of nitrogens with one attached hydrogen (secondary N) is 2. The van der Waals surface area contributed by atoms with Crippen LogP contribution in [0.25, 0.3) is 0 Å². The maximum Gasteiger partial charge on any atom is 0.169 e. The standard InChI is InChI=1S/C14H20N6/c1-9-6-5-7-11(10(9)2)18-13-12(15)14(17-8-16-13)19-20(3)4/h5-8H,15H2,1-4H3,(H2,16,17,18,19). The summed E-state index contributed by atoms with van der Waals surface area (Å²) in [7, 11) is 3.75. The molecule has 0 bridgehead atoms. The molecule has 2 rings (SSSR count). The van der Waals surface area contributed by atoms with E-state index in [1.165, 1.54) is 17.5 Å². The molecule has 0 aliphatic rings. The zero-order chi connectivity index (χ0) is 14.7. The van der Waals surface area contributed by atoms with Gasteiger partial charge in [-0.1, -0.05) is 12.1 Å². The fourth-order valence-electron chi connectivity index (χ4n) is 1.81. The topological polar surface area (TPSA) is 79.1 Å². The second-order valence-electron chi connectivity index (χ2n) is 4.86. The SMILES string of the molecule is Cc1cccc(Nc2ncnc(NN(C)C)c2N)c1C. The monoisotopic (exact) mass is 272 g/mol. The zero-order valence-corrected chi connectivity index (χ0v) is 12.2. The number of nitrogens with zero attached hydrogens (tertiary/aromatic N) is 3. The number of hydrogen-bond acceptors (Lipinski definition) is 6. The maximum absolute atomic E-state index is 6.09. The van der Waals surface area contributed by atoms with Crippen LogP contribution in [0, 0.1) is 13.8 Å². The van der Waals surface area contributed by atoms with Crippen LogP contribution in [0.2, 0.25) is 0 Å². The van der Waals surface area contributed by atoms with E-state index in [1.807, 2.05) is 26.2 Å². The molecule has 1 aromatic carbocycles. The van der Waals surface area contributed by atoms with Gasteiger partial charge in [0.2, 0.25) is 0 Å². The average Bonchev–Trinajstić information content (AvgIpc) is 2.39. The molecule has 0 radical (unpaired) electrons. The van der Waals surface area contributed by atoms with Crippen molar-refractivity contribution in [2.75, 3.05) is 30.6 Å². The molecular formula is C14H20N6. The Kier molecular flexibility index (Phi) is 4.05. The van der Waals surface area contributed by atoms with Gasteiger partial charge >= 0.3 is 0 Å². The second-order valence-corrected chi connectivity index (χ2v) is 4.86. The number of aromatic nitrogens is 2. The zero-order valence-electron chi connectivity index (χ0n) is 12.2. The quantitative estimate of drug-likeness (QED) is 0.741. The van der Waals surface area contributed by atoms with Crippen molar-refractivity contribution in [1.82, 2.24) is 15.0 Å². The molecule has 2 aromatic rings. The van der Waals surface area contributed by atoms with Crippen molar-refractivity contribution in [2.24, 2.45) is 0 Å². The van der Waals surface area contributed by atoms with Gasteiger partial charge in [0, 0.05) is 19.8 Å². The Hall–Kier alpha value is -2.34. The molecule has 0 amide bonds. The van der Waals surface area contributed by atoms with Crippen LogP contribution in [0.3, 0.4) is 0 Å². The molecule has 6 nitrogen and oxygen atoms in total. The third-order valence-electron chi connectivity index (χ3n) is 3.07. The predicted molar refractivity (Wildman–Crippen MR) is 83.0 cm³/mol. The van der Waals surface area contributed by atoms with Crippen molar-refractivity contribution in [1.29, 1.82) is 0 Å². The molecule has 0 aliphatic heterocycles. The molecule has 0 spiro atoms. The summed E-state index contributed by atoms with van der Waals surface area (Å²) >= 11 is 0. The van der Waals surface area contributed by atoms with Gasteiger partial charge in [0.15, 0.2) is 11.6 Å². The summed E-state index contributed by atoms with van der Waals surface area (Å²) in [6.45, 7) is 4.14. The minimum atomic E-state index is 0.488. The van der Waals surface area contributed by atoms with Crippen molar-refractivity contribution in [3.63, 3.8) is 0 Å². The van der Waals surface area contributed by atoms with E-state index in [4.69, 9.17) is 5.73 Å². The van der Waals surface area contributed by atoms with E-state index in [2.05, 4.69) is 40.6 Å². The highest BCUT2D eigenvalue weighted by Crippen LogP contribution is 2.28. The van der Waals surface area contributed by atoms with Crippen LogP contribution in [0.5, 0.6) is 0 Å². The summed E-state index contributed by atoms with van der Waals surface area (Å²) in [4.78, 5) is 8.34. The lowest BCUT2D eigenvalue weighted by Gasteiger charge is -2.17. The molecule has 1 aromatic heterocycles. The first-order valence-corrected chi connectivity index (χ1v) is 6.36. The normalized spacial score (nSPS) is 10.7. The first-order valence-electron chi connectivity index (χ1n) is 6.36. The molecule has 0 atom stereocenters. The molecule has 1 heterocycles. The number of nitrogens with two attached hydrogens (primary N) is 1. The number of benzene rings is 1. The van der Waals surface area contributed by atoms with Gasteiger partial charge in [-0.2, -0.15) is 0 Å². The Morgan fingerprint density at radius 1 is 1.10 bits per heavy atom. The van der Waals surface area contributed by atoms with Crippen molar-refractivity contribution < 1.29 is 0 Å². The van der Waals surface area contributed by atoms with Crippen LogP contribution in [-0.2, 0) is 0 Å². The lowest BCUT2D eigenvalue weighted by molar-refractivity contribution is 0.492. The summed E-state index contributed by atoms with van der Waals surface area (Å²) < 4.78 is 0. The van der Waals surface area contributed by atoms with Crippen LogP contribution in [0.15, 0.2) is 24.5 Å². The van der Waals surface area contributed by atoms with Gasteiger partial charge in [-0.25, -0.2) is 15.0 Å². The van der Waals surface area contributed by atoms with Gasteiger partial charge in [-0.15, -0.1) is 0 Å². The molecule has 0 saturated heterocycles. The highest BCUT2D eigenvalue weighted by atomic mass is 15.5. The van der Waals surface area contributed by atoms with Crippen LogP contribution < -0.4 is 16.5 Å². The largest absolute Gasteiger partial charge is 0.393 e. The minimum absolute atomic E-state index is 0.488. The van der Waals surface area contributed by atoms with E-state index in [0.717, 1.165) is 5.69 Å². The lowest BCUT2D eigenvalue weighted by Crippen LogP contribution is -2.21. The molecule has 0 saturated carbocycles. The summed E-state index contributed by atoms with van der Waals surface area (Å²) in [5, 5.41) is 5.04. The number of hydrogen-bond donors (Lipinski definition) is 3. The first-order chi connectivity index (χ1) is 9.49. The van der Waals surface area contributed by atoms with Gasteiger partial charge in [0.25, 0.3) is 0 Å². The third kappa shape index (κ3) is 2.97. The van der Waals surface area contributed by atoms with Gasteiger partial charge < -0.3 is 16.5 Å². The number of aryl methyl sites for hydroxylation is 1. The molecule has 0 fully saturated rings. The van der Waals surface area contributed by atoms with Crippen molar-refractivity contribution in [3.8, 4) is 0 Å². The Morgan fingerprint density at radius 3 is 2.50 bits per heavy atom. The molecule has 20 heavy (non-hydrogen) atoms. The first kappa shape index (κ1) is 14.1. The molecule has 4 N–H and O–H groups in total. The average molecular weight is 272 g/mol. The molecular weight excluding hydrogens is 252 g/mol. The fourth-order valence-corrected chi connectivity index (χ4v) is 1.81. The van der Waals surface area contributed by atoms with E-state index in [1.54, 1.807) is 5.01 Å². The number of rotatable bonds is 4. The summed E-state index contributed by atoms with van der Waals surface area (Å²) in [6, 6.07) is 6.08. The summed E-state index contributed by atoms with van der Waals surface area (Å²) in [5.41, 5.74) is 13.0. The van der Waals surface area contributed by atoms with Gasteiger partial charge in [0.1, 0.15) is 12.0 Å². The van der Waals surface area contributed by atoms with Crippen LogP contribution >= 0.6 is 0 Å². The van der Waals surface area contributed by atoms with Crippen molar-refractivity contribution >= 4 is 23.0 Å². The third-order valence-corrected chi connectivity index (χ3v) is 3.07. The Labute approximate surface area is 119 Å². The van der Waals surface area contributed by atoms with Gasteiger partial charge in [0.05, 0.1) is 0 Å². The molecule has 6 heteroatoms. The van der Waals surface area contributed by atoms with E-state index in [0.29, 0.717) is 17.3 Å². The number of anilines is 4. The van der Waals surface area contributed by atoms with Crippen LogP contribution in [0.4, 0.5) is 23.0 Å². The number of hydrazine groups is 1. The number of nitrogen functional groups attached to an aromatic ring is 1. The highest BCUT2D eigenvalue weighted by molar-refractivity contribution is 5.78. The molecule has 0 unspecified atom stereocenters. The second kappa shape index (κ2) is 5.75.